The van der Waals surface area contributed by atoms with Crippen LogP contribution in [0.15, 0.2) is 0 Å². The summed E-state index contributed by atoms with van der Waals surface area (Å²) in [6.07, 6.45) is 5.76. The topological polar surface area (TPSA) is 78.4 Å². The van der Waals surface area contributed by atoms with Crippen LogP contribution in [-0.2, 0) is 4.79 Å². The Balaban J connectivity index is 1.64. The standard InChI is InChI=1S/C14H24N2O3/c1-2-9(13(17)18)7-15-14(19)16-8-12(10-3-4-10)11-5-6-11/h9-12H,2-8H2,1H3,(H,17,18)(H2,15,16,19). The number of nitrogens with one attached hydrogen (secondary N) is 2. The van der Waals surface area contributed by atoms with Gasteiger partial charge in [-0.1, -0.05) is 6.92 Å². The summed E-state index contributed by atoms with van der Waals surface area (Å²) in [6, 6.07) is -0.231. The van der Waals surface area contributed by atoms with Gasteiger partial charge in [0.05, 0.1) is 5.92 Å². The smallest absolute Gasteiger partial charge is 0.314 e. The highest BCUT2D eigenvalue weighted by Crippen LogP contribution is 2.48. The van der Waals surface area contributed by atoms with Crippen LogP contribution in [0.5, 0.6) is 0 Å². The van der Waals surface area contributed by atoms with Crippen molar-refractivity contribution in [2.24, 2.45) is 23.7 Å². The van der Waals surface area contributed by atoms with Crippen LogP contribution in [0.3, 0.4) is 0 Å². The van der Waals surface area contributed by atoms with Gasteiger partial charge < -0.3 is 15.7 Å². The molecule has 0 spiro atoms. The number of carboxylic acid groups (broad SMARTS) is 1. The van der Waals surface area contributed by atoms with Crippen molar-refractivity contribution in [2.45, 2.75) is 39.0 Å². The Morgan fingerprint density at radius 3 is 2.05 bits per heavy atom. The fourth-order valence-corrected chi connectivity index (χ4v) is 2.66. The maximum absolute atomic E-state index is 11.7. The van der Waals surface area contributed by atoms with Crippen LogP contribution in [0.25, 0.3) is 0 Å². The molecule has 19 heavy (non-hydrogen) atoms. The van der Waals surface area contributed by atoms with Crippen LogP contribution in [-0.4, -0.2) is 30.2 Å². The predicted molar refractivity (Wildman–Crippen MR) is 71.8 cm³/mol. The Morgan fingerprint density at radius 2 is 1.63 bits per heavy atom. The first-order valence-electron chi connectivity index (χ1n) is 7.36. The van der Waals surface area contributed by atoms with E-state index in [2.05, 4.69) is 10.6 Å². The lowest BCUT2D eigenvalue weighted by atomic mass is 9.98. The lowest BCUT2D eigenvalue weighted by molar-refractivity contribution is -0.141. The van der Waals surface area contributed by atoms with E-state index in [1.807, 2.05) is 6.92 Å². The molecule has 2 aliphatic rings. The van der Waals surface area contributed by atoms with Gasteiger partial charge >= 0.3 is 12.0 Å². The van der Waals surface area contributed by atoms with E-state index >= 15 is 0 Å². The fourth-order valence-electron chi connectivity index (χ4n) is 2.66. The zero-order chi connectivity index (χ0) is 13.8. The minimum atomic E-state index is -0.850. The summed E-state index contributed by atoms with van der Waals surface area (Å²) in [7, 11) is 0. The molecule has 2 rings (SSSR count). The van der Waals surface area contributed by atoms with Gasteiger partial charge in [-0.15, -0.1) is 0 Å². The summed E-state index contributed by atoms with van der Waals surface area (Å²) < 4.78 is 0. The van der Waals surface area contributed by atoms with E-state index in [4.69, 9.17) is 5.11 Å². The average Bonchev–Trinajstić information content (AvgIpc) is 3.23. The number of rotatable bonds is 8. The molecule has 3 N–H and O–H groups in total. The number of carboxylic acids is 1. The quantitative estimate of drug-likeness (QED) is 0.628. The molecular formula is C14H24N2O3. The molecule has 2 saturated carbocycles. The number of carbonyl (C=O) groups is 2. The number of urea groups is 1. The van der Waals surface area contributed by atoms with Crippen molar-refractivity contribution in [3.63, 3.8) is 0 Å². The maximum Gasteiger partial charge on any atom is 0.314 e. The van der Waals surface area contributed by atoms with Crippen LogP contribution >= 0.6 is 0 Å². The monoisotopic (exact) mass is 268 g/mol. The van der Waals surface area contributed by atoms with Crippen molar-refractivity contribution in [1.82, 2.24) is 10.6 Å². The molecule has 2 amide bonds. The molecule has 0 aromatic heterocycles. The van der Waals surface area contributed by atoms with Crippen molar-refractivity contribution in [1.29, 1.82) is 0 Å². The number of aliphatic carboxylic acids is 1. The van der Waals surface area contributed by atoms with Crippen molar-refractivity contribution < 1.29 is 14.7 Å². The largest absolute Gasteiger partial charge is 0.481 e. The first-order valence-corrected chi connectivity index (χ1v) is 7.36. The molecule has 108 valence electrons. The molecule has 1 atom stereocenters. The van der Waals surface area contributed by atoms with Crippen molar-refractivity contribution in [3.8, 4) is 0 Å². The van der Waals surface area contributed by atoms with Gasteiger partial charge in [-0.3, -0.25) is 4.79 Å². The first-order chi connectivity index (χ1) is 9.11. The van der Waals surface area contributed by atoms with Gasteiger partial charge in [0.1, 0.15) is 0 Å². The highest BCUT2D eigenvalue weighted by Gasteiger charge is 2.41. The van der Waals surface area contributed by atoms with Gasteiger partial charge in [0.25, 0.3) is 0 Å². The van der Waals surface area contributed by atoms with E-state index in [0.29, 0.717) is 12.3 Å². The number of amides is 2. The lowest BCUT2D eigenvalue weighted by Crippen LogP contribution is -2.42. The number of carbonyl (C=O) groups excluding carboxylic acids is 1. The molecule has 0 aliphatic heterocycles. The highest BCUT2D eigenvalue weighted by atomic mass is 16.4. The summed E-state index contributed by atoms with van der Waals surface area (Å²) in [6.45, 7) is 2.76. The van der Waals surface area contributed by atoms with Crippen LogP contribution in [0.2, 0.25) is 0 Å². The minimum absolute atomic E-state index is 0.204. The van der Waals surface area contributed by atoms with E-state index in [1.54, 1.807) is 0 Å². The molecule has 2 aliphatic carbocycles. The van der Waals surface area contributed by atoms with Crippen LogP contribution in [0.1, 0.15) is 39.0 Å². The van der Waals surface area contributed by atoms with Crippen molar-refractivity contribution in [2.75, 3.05) is 13.1 Å². The summed E-state index contributed by atoms with van der Waals surface area (Å²) >= 11 is 0. The van der Waals surface area contributed by atoms with Gasteiger partial charge in [0.2, 0.25) is 0 Å². The highest BCUT2D eigenvalue weighted by molar-refractivity contribution is 5.75. The Kier molecular flexibility index (Phi) is 4.66. The molecule has 2 fully saturated rings. The molecule has 0 bridgehead atoms. The van der Waals surface area contributed by atoms with Gasteiger partial charge in [-0.2, -0.15) is 0 Å². The first kappa shape index (κ1) is 14.2. The van der Waals surface area contributed by atoms with E-state index < -0.39 is 11.9 Å². The molecule has 5 nitrogen and oxygen atoms in total. The van der Waals surface area contributed by atoms with Crippen molar-refractivity contribution >= 4 is 12.0 Å². The van der Waals surface area contributed by atoms with E-state index in [0.717, 1.165) is 18.4 Å². The Morgan fingerprint density at radius 1 is 1.11 bits per heavy atom. The summed E-state index contributed by atoms with van der Waals surface area (Å²) in [5.74, 6) is 0.933. The third-order valence-corrected chi connectivity index (χ3v) is 4.30. The van der Waals surface area contributed by atoms with Crippen LogP contribution in [0, 0.1) is 23.7 Å². The second-order valence-corrected chi connectivity index (χ2v) is 5.87. The Hall–Kier alpha value is -1.26. The van der Waals surface area contributed by atoms with Crippen LogP contribution in [0.4, 0.5) is 4.79 Å². The van der Waals surface area contributed by atoms with Gasteiger partial charge in [0.15, 0.2) is 0 Å². The molecule has 5 heteroatoms. The summed E-state index contributed by atoms with van der Waals surface area (Å²) in [4.78, 5) is 22.5. The Labute approximate surface area is 114 Å². The normalized spacial score (nSPS) is 20.1. The summed E-state index contributed by atoms with van der Waals surface area (Å²) in [5, 5.41) is 14.5. The number of hydrogen-bond acceptors (Lipinski definition) is 2. The SMILES string of the molecule is CCC(CNC(=O)NCC(C1CC1)C1CC1)C(=O)O. The average molecular weight is 268 g/mol. The molecule has 0 radical (unpaired) electrons. The van der Waals surface area contributed by atoms with Gasteiger partial charge in [0, 0.05) is 13.1 Å². The zero-order valence-electron chi connectivity index (χ0n) is 11.5. The molecule has 0 aromatic rings. The number of hydrogen-bond donors (Lipinski definition) is 3. The molecule has 0 aromatic carbocycles. The second kappa shape index (κ2) is 6.26. The third kappa shape index (κ3) is 4.40. The van der Waals surface area contributed by atoms with Gasteiger partial charge in [-0.05, 0) is 49.9 Å². The van der Waals surface area contributed by atoms with E-state index in [9.17, 15) is 9.59 Å². The van der Waals surface area contributed by atoms with E-state index in [1.165, 1.54) is 25.7 Å². The minimum Gasteiger partial charge on any atom is -0.481 e. The molecule has 0 heterocycles. The second-order valence-electron chi connectivity index (χ2n) is 5.87. The van der Waals surface area contributed by atoms with Gasteiger partial charge in [-0.25, -0.2) is 4.79 Å². The lowest BCUT2D eigenvalue weighted by Gasteiger charge is -2.17. The fraction of sp³-hybridized carbons (Fsp3) is 0.857. The zero-order valence-corrected chi connectivity index (χ0v) is 11.5. The van der Waals surface area contributed by atoms with E-state index in [-0.39, 0.29) is 12.6 Å². The summed E-state index contributed by atoms with van der Waals surface area (Å²) in [5.41, 5.74) is 0. The van der Waals surface area contributed by atoms with Crippen molar-refractivity contribution in [3.05, 3.63) is 0 Å². The van der Waals surface area contributed by atoms with Crippen LogP contribution < -0.4 is 10.6 Å². The third-order valence-electron chi connectivity index (χ3n) is 4.30. The molecule has 1 unspecified atom stereocenters. The molecule has 0 saturated heterocycles. The predicted octanol–water partition coefficient (Wildman–Crippen LogP) is 1.83. The Bertz CT molecular complexity index is 326. The molecular weight excluding hydrogens is 244 g/mol. The maximum atomic E-state index is 11.7.